The number of hydrogen-bond acceptors (Lipinski definition) is 6. The molecule has 0 bridgehead atoms. The maximum absolute atomic E-state index is 12.8. The van der Waals surface area contributed by atoms with Gasteiger partial charge in [0.15, 0.2) is 8.32 Å². The van der Waals surface area contributed by atoms with Crippen LogP contribution in [-0.2, 0) is 13.7 Å². The number of anilines is 1. The van der Waals surface area contributed by atoms with Crippen molar-refractivity contribution in [1.29, 1.82) is 0 Å². The van der Waals surface area contributed by atoms with E-state index in [9.17, 15) is 9.59 Å². The zero-order valence-corrected chi connectivity index (χ0v) is 23.1. The van der Waals surface area contributed by atoms with E-state index in [4.69, 9.17) is 24.9 Å². The summed E-state index contributed by atoms with van der Waals surface area (Å²) >= 11 is 6.05. The summed E-state index contributed by atoms with van der Waals surface area (Å²) in [5, 5.41) is 2.68. The molecule has 1 aromatic heterocycles. The summed E-state index contributed by atoms with van der Waals surface area (Å²) < 4.78 is 19.9. The van der Waals surface area contributed by atoms with Gasteiger partial charge in [-0.05, 0) is 43.0 Å². The van der Waals surface area contributed by atoms with E-state index in [0.717, 1.165) is 0 Å². The molecule has 2 aromatic rings. The number of carbonyl (C=O) groups excluding carboxylic acids is 1. The maximum atomic E-state index is 12.8. The molecule has 1 amide bonds. The lowest BCUT2D eigenvalue weighted by molar-refractivity contribution is -0.0367. The Morgan fingerprint density at radius 2 is 1.97 bits per heavy atom. The van der Waals surface area contributed by atoms with Gasteiger partial charge in [0, 0.05) is 18.2 Å². The summed E-state index contributed by atoms with van der Waals surface area (Å²) in [7, 11) is -3.16. The van der Waals surface area contributed by atoms with Gasteiger partial charge in [-0.1, -0.05) is 50.2 Å². The molecule has 3 rings (SSSR count). The van der Waals surface area contributed by atoms with Gasteiger partial charge in [0.05, 0.1) is 12.7 Å². The first-order valence-corrected chi connectivity index (χ1v) is 16.7. The van der Waals surface area contributed by atoms with E-state index in [1.54, 1.807) is 36.5 Å². The molecular formula is C23H33ClN3O5PSi. The standard InChI is InChI=1S/C23H33ClN3O5PSi/c1-23(2,3)34(5,6)32-17-14-20(31-18(17)15-30-33(4)24)27-13-12-19(26-22(27)29)25-21(28)16-10-8-7-9-11-16/h7-13,17-18,20H,14-15H2,1-6H3,(H,25,26,28,29)/t17-,18+,20+,33?/m0/s1. The Balaban J connectivity index is 1.76. The van der Waals surface area contributed by atoms with E-state index in [1.807, 2.05) is 12.7 Å². The zero-order chi connectivity index (χ0) is 25.1. The first-order valence-electron chi connectivity index (χ1n) is 11.2. The Morgan fingerprint density at radius 3 is 2.56 bits per heavy atom. The number of hydrogen-bond donors (Lipinski definition) is 1. The molecule has 0 aliphatic carbocycles. The van der Waals surface area contributed by atoms with Gasteiger partial charge in [-0.15, -0.1) is 0 Å². The van der Waals surface area contributed by atoms with E-state index in [2.05, 4.69) is 44.2 Å². The molecule has 0 radical (unpaired) electrons. The van der Waals surface area contributed by atoms with Crippen LogP contribution < -0.4 is 11.0 Å². The van der Waals surface area contributed by atoms with E-state index in [1.165, 1.54) is 4.57 Å². The highest BCUT2D eigenvalue weighted by atomic mass is 35.7. The Kier molecular flexibility index (Phi) is 8.71. The van der Waals surface area contributed by atoms with Crippen molar-refractivity contribution < 1.29 is 18.5 Å². The molecule has 34 heavy (non-hydrogen) atoms. The number of amides is 1. The Bertz CT molecular complexity index is 1040. The minimum absolute atomic E-state index is 0.0252. The third-order valence-corrected chi connectivity index (χ3v) is 11.6. The molecule has 4 atom stereocenters. The van der Waals surface area contributed by atoms with Crippen molar-refractivity contribution in [2.45, 2.75) is 63.8 Å². The Morgan fingerprint density at radius 1 is 1.29 bits per heavy atom. The monoisotopic (exact) mass is 525 g/mol. The summed E-state index contributed by atoms with van der Waals surface area (Å²) in [5.74, 6) is -0.152. The minimum atomic E-state index is -2.09. The molecular weight excluding hydrogens is 493 g/mol. The molecule has 0 saturated carbocycles. The molecule has 1 unspecified atom stereocenters. The minimum Gasteiger partial charge on any atom is -0.411 e. The van der Waals surface area contributed by atoms with Crippen molar-refractivity contribution in [1.82, 2.24) is 9.55 Å². The maximum Gasteiger partial charge on any atom is 0.351 e. The van der Waals surface area contributed by atoms with Gasteiger partial charge in [0.1, 0.15) is 25.7 Å². The first-order chi connectivity index (χ1) is 15.9. The predicted molar refractivity (Wildman–Crippen MR) is 138 cm³/mol. The Hall–Kier alpha value is -1.61. The summed E-state index contributed by atoms with van der Waals surface area (Å²) in [6.07, 6.45) is 0.929. The molecule has 1 aliphatic heterocycles. The van der Waals surface area contributed by atoms with E-state index in [0.29, 0.717) is 12.0 Å². The van der Waals surface area contributed by atoms with E-state index < -0.39 is 27.7 Å². The smallest absolute Gasteiger partial charge is 0.351 e. The largest absolute Gasteiger partial charge is 0.411 e. The highest BCUT2D eigenvalue weighted by molar-refractivity contribution is 7.79. The van der Waals surface area contributed by atoms with Crippen molar-refractivity contribution in [3.8, 4) is 0 Å². The van der Waals surface area contributed by atoms with Crippen molar-refractivity contribution in [2.75, 3.05) is 18.6 Å². The third-order valence-electron chi connectivity index (χ3n) is 6.27. The van der Waals surface area contributed by atoms with Gasteiger partial charge in [0.2, 0.25) is 0 Å². The topological polar surface area (TPSA) is 91.7 Å². The van der Waals surface area contributed by atoms with Crippen LogP contribution in [-0.4, -0.2) is 49.3 Å². The summed E-state index contributed by atoms with van der Waals surface area (Å²) in [4.78, 5) is 29.2. The van der Waals surface area contributed by atoms with Gasteiger partial charge in [-0.25, -0.2) is 4.79 Å². The number of carbonyl (C=O) groups is 1. The van der Waals surface area contributed by atoms with Gasteiger partial charge in [0.25, 0.3) is 5.91 Å². The fourth-order valence-corrected chi connectivity index (χ4v) is 5.24. The molecule has 1 aliphatic rings. The predicted octanol–water partition coefficient (Wildman–Crippen LogP) is 5.37. The van der Waals surface area contributed by atoms with Crippen molar-refractivity contribution in [3.63, 3.8) is 0 Å². The third kappa shape index (κ3) is 6.74. The van der Waals surface area contributed by atoms with Crippen LogP contribution in [0.15, 0.2) is 47.4 Å². The lowest BCUT2D eigenvalue weighted by Crippen LogP contribution is -2.46. The second-order valence-corrected chi connectivity index (χ2v) is 17.1. The molecule has 1 aromatic carbocycles. The van der Waals surface area contributed by atoms with Gasteiger partial charge in [-0.2, -0.15) is 4.98 Å². The van der Waals surface area contributed by atoms with Crippen molar-refractivity contribution >= 4 is 38.8 Å². The molecule has 11 heteroatoms. The average molecular weight is 526 g/mol. The van der Waals surface area contributed by atoms with Gasteiger partial charge in [-0.3, -0.25) is 9.36 Å². The van der Waals surface area contributed by atoms with Crippen LogP contribution in [0.5, 0.6) is 0 Å². The SMILES string of the molecule is CP(Cl)OC[C@H]1O[C@@H](n2ccc(NC(=O)c3ccccc3)nc2=O)C[C@@H]1O[Si](C)(C)C(C)(C)C. The van der Waals surface area contributed by atoms with E-state index >= 15 is 0 Å². The second kappa shape index (κ2) is 11.0. The van der Waals surface area contributed by atoms with Crippen LogP contribution in [0.3, 0.4) is 0 Å². The molecule has 1 fully saturated rings. The number of aromatic nitrogens is 2. The number of nitrogens with zero attached hydrogens (tertiary/aromatic N) is 2. The molecule has 1 saturated heterocycles. The summed E-state index contributed by atoms with van der Waals surface area (Å²) in [6, 6.07) is 10.3. The first kappa shape index (κ1) is 27.0. The van der Waals surface area contributed by atoms with Crippen molar-refractivity contribution in [3.05, 3.63) is 58.6 Å². The summed E-state index contributed by atoms with van der Waals surface area (Å²) in [6.45, 7) is 13.0. The molecule has 186 valence electrons. The zero-order valence-electron chi connectivity index (χ0n) is 20.4. The fraction of sp³-hybridized carbons (Fsp3) is 0.522. The number of rotatable bonds is 8. The van der Waals surface area contributed by atoms with E-state index in [-0.39, 0.29) is 35.6 Å². The normalized spacial score (nSPS) is 21.9. The second-order valence-electron chi connectivity index (χ2n) is 9.82. The number of nitrogens with one attached hydrogen (secondary N) is 1. The fourth-order valence-electron chi connectivity index (χ4n) is 3.36. The molecule has 0 spiro atoms. The lowest BCUT2D eigenvalue weighted by atomic mass is 10.2. The quantitative estimate of drug-likeness (QED) is 0.368. The molecule has 2 heterocycles. The van der Waals surface area contributed by atoms with Crippen LogP contribution in [0.4, 0.5) is 5.82 Å². The van der Waals surface area contributed by atoms with Crippen LogP contribution in [0.1, 0.15) is 43.8 Å². The van der Waals surface area contributed by atoms with Gasteiger partial charge >= 0.3 is 5.69 Å². The molecule has 8 nitrogen and oxygen atoms in total. The average Bonchev–Trinajstić information content (AvgIpc) is 3.13. The lowest BCUT2D eigenvalue weighted by Gasteiger charge is -2.39. The number of benzene rings is 1. The molecule has 1 N–H and O–H groups in total. The van der Waals surface area contributed by atoms with Crippen LogP contribution in [0, 0.1) is 0 Å². The van der Waals surface area contributed by atoms with Gasteiger partial charge < -0.3 is 19.0 Å². The highest BCUT2D eigenvalue weighted by Gasteiger charge is 2.45. The van der Waals surface area contributed by atoms with Crippen LogP contribution in [0.2, 0.25) is 18.1 Å². The summed E-state index contributed by atoms with van der Waals surface area (Å²) in [5.41, 5.74) is -0.0326. The highest BCUT2D eigenvalue weighted by Crippen LogP contribution is 2.43. The van der Waals surface area contributed by atoms with Crippen LogP contribution in [0.25, 0.3) is 0 Å². The number of halogens is 1. The van der Waals surface area contributed by atoms with Crippen LogP contribution >= 0.6 is 18.7 Å². The Labute approximate surface area is 207 Å². The number of ether oxygens (including phenoxy) is 1. The van der Waals surface area contributed by atoms with Crippen molar-refractivity contribution in [2.24, 2.45) is 0 Å².